The lowest BCUT2D eigenvalue weighted by atomic mass is 10.2. The molecule has 0 aromatic carbocycles. The second-order valence-corrected chi connectivity index (χ2v) is 3.67. The van der Waals surface area contributed by atoms with Crippen LogP contribution >= 0.6 is 0 Å². The Labute approximate surface area is 85.2 Å². The largest absolute Gasteiger partial charge is 0.372 e. The Morgan fingerprint density at radius 3 is 2.79 bits per heavy atom. The fourth-order valence-corrected chi connectivity index (χ4v) is 1.10. The molecule has 1 rings (SSSR count). The van der Waals surface area contributed by atoms with E-state index < -0.39 is 0 Å². The summed E-state index contributed by atoms with van der Waals surface area (Å²) in [4.78, 5) is 8.44. The van der Waals surface area contributed by atoms with Crippen LogP contribution in [0.2, 0.25) is 0 Å². The average Bonchev–Trinajstić information content (AvgIpc) is 2.18. The van der Waals surface area contributed by atoms with Crippen LogP contribution in [0.3, 0.4) is 0 Å². The smallest absolute Gasteiger partial charge is 0.144 e. The van der Waals surface area contributed by atoms with Crippen molar-refractivity contribution in [3.8, 4) is 0 Å². The van der Waals surface area contributed by atoms with Crippen LogP contribution in [-0.2, 0) is 6.54 Å². The highest BCUT2D eigenvalue weighted by atomic mass is 15.0. The maximum absolute atomic E-state index is 4.35. The normalized spacial score (nSPS) is 10.6. The van der Waals surface area contributed by atoms with E-state index in [1.165, 1.54) is 0 Å². The summed E-state index contributed by atoms with van der Waals surface area (Å²) >= 11 is 0. The van der Waals surface area contributed by atoms with Crippen molar-refractivity contribution in [2.24, 2.45) is 5.92 Å². The van der Waals surface area contributed by atoms with Gasteiger partial charge in [0.1, 0.15) is 5.82 Å². The number of nitrogens with zero attached hydrogens (tertiary/aromatic N) is 2. The number of rotatable bonds is 5. The van der Waals surface area contributed by atoms with Gasteiger partial charge in [-0.2, -0.15) is 0 Å². The third kappa shape index (κ3) is 3.70. The second-order valence-electron chi connectivity index (χ2n) is 3.67. The van der Waals surface area contributed by atoms with Crippen molar-refractivity contribution in [2.45, 2.75) is 20.4 Å². The first-order chi connectivity index (χ1) is 6.72. The molecule has 2 N–H and O–H groups in total. The van der Waals surface area contributed by atoms with Crippen molar-refractivity contribution >= 4 is 5.82 Å². The van der Waals surface area contributed by atoms with Crippen LogP contribution in [0.5, 0.6) is 0 Å². The van der Waals surface area contributed by atoms with E-state index >= 15 is 0 Å². The molecule has 0 saturated carbocycles. The third-order valence-corrected chi connectivity index (χ3v) is 1.80. The zero-order valence-corrected chi connectivity index (χ0v) is 9.04. The summed E-state index contributed by atoms with van der Waals surface area (Å²) < 4.78 is 0. The molecule has 0 fully saturated rings. The molecule has 0 saturated heterocycles. The lowest BCUT2D eigenvalue weighted by molar-refractivity contribution is 0.547. The molecule has 0 amide bonds. The Morgan fingerprint density at radius 2 is 2.14 bits per heavy atom. The number of nitrogens with one attached hydrogen (secondary N) is 2. The van der Waals surface area contributed by atoms with Crippen molar-refractivity contribution in [3.63, 3.8) is 0 Å². The molecular weight excluding hydrogens is 176 g/mol. The minimum absolute atomic E-state index is 0.662. The number of hydrogen-bond acceptors (Lipinski definition) is 4. The molecule has 4 nitrogen and oxygen atoms in total. The summed E-state index contributed by atoms with van der Waals surface area (Å²) in [5.74, 6) is 1.48. The number of anilines is 1. The number of aromatic nitrogens is 2. The average molecular weight is 194 g/mol. The summed E-state index contributed by atoms with van der Waals surface area (Å²) in [6.07, 6.45) is 3.50. The Balaban J connectivity index is 2.42. The van der Waals surface area contributed by atoms with Gasteiger partial charge in [0.05, 0.1) is 11.9 Å². The fourth-order valence-electron chi connectivity index (χ4n) is 1.10. The van der Waals surface area contributed by atoms with Crippen LogP contribution in [0.25, 0.3) is 0 Å². The second kappa shape index (κ2) is 5.54. The summed E-state index contributed by atoms with van der Waals surface area (Å²) in [7, 11) is 1.84. The summed E-state index contributed by atoms with van der Waals surface area (Å²) in [6.45, 7) is 6.15. The van der Waals surface area contributed by atoms with Gasteiger partial charge in [0.2, 0.25) is 0 Å². The predicted molar refractivity (Wildman–Crippen MR) is 58.1 cm³/mol. The van der Waals surface area contributed by atoms with Gasteiger partial charge in [-0.3, -0.25) is 4.98 Å². The molecule has 14 heavy (non-hydrogen) atoms. The Bertz CT molecular complexity index is 273. The van der Waals surface area contributed by atoms with E-state index in [0.717, 1.165) is 24.6 Å². The van der Waals surface area contributed by atoms with Gasteiger partial charge in [0, 0.05) is 19.8 Å². The van der Waals surface area contributed by atoms with Gasteiger partial charge in [-0.25, -0.2) is 4.98 Å². The molecule has 0 radical (unpaired) electrons. The van der Waals surface area contributed by atoms with Gasteiger partial charge in [0.15, 0.2) is 0 Å². The first-order valence-electron chi connectivity index (χ1n) is 4.91. The van der Waals surface area contributed by atoms with Crippen molar-refractivity contribution in [1.82, 2.24) is 15.3 Å². The lowest BCUT2D eigenvalue weighted by Crippen LogP contribution is -2.19. The van der Waals surface area contributed by atoms with Gasteiger partial charge in [-0.15, -0.1) is 0 Å². The van der Waals surface area contributed by atoms with Crippen LogP contribution in [-0.4, -0.2) is 23.6 Å². The quantitative estimate of drug-likeness (QED) is 0.741. The molecular formula is C10H18N4. The van der Waals surface area contributed by atoms with E-state index in [-0.39, 0.29) is 0 Å². The summed E-state index contributed by atoms with van der Waals surface area (Å²) in [5.41, 5.74) is 0.970. The van der Waals surface area contributed by atoms with E-state index in [0.29, 0.717) is 5.92 Å². The van der Waals surface area contributed by atoms with Gasteiger partial charge in [-0.05, 0) is 12.5 Å². The zero-order valence-electron chi connectivity index (χ0n) is 9.04. The monoisotopic (exact) mass is 194 g/mol. The molecule has 0 atom stereocenters. The molecule has 0 bridgehead atoms. The molecule has 78 valence electrons. The molecule has 1 aromatic heterocycles. The topological polar surface area (TPSA) is 49.8 Å². The van der Waals surface area contributed by atoms with Crippen molar-refractivity contribution in [2.75, 3.05) is 18.9 Å². The molecule has 0 aliphatic carbocycles. The van der Waals surface area contributed by atoms with E-state index in [1.807, 2.05) is 7.05 Å². The van der Waals surface area contributed by atoms with Gasteiger partial charge in [-0.1, -0.05) is 13.8 Å². The molecule has 0 aliphatic heterocycles. The molecule has 4 heteroatoms. The predicted octanol–water partition coefficient (Wildman–Crippen LogP) is 1.26. The lowest BCUT2D eigenvalue weighted by Gasteiger charge is -2.07. The maximum Gasteiger partial charge on any atom is 0.144 e. The van der Waals surface area contributed by atoms with Gasteiger partial charge < -0.3 is 10.6 Å². The highest BCUT2D eigenvalue weighted by Gasteiger charge is 1.97. The Kier molecular flexibility index (Phi) is 4.32. The standard InChI is InChI=1S/C10H18N4/c1-8(2)4-12-5-9-6-13-7-10(11-3)14-9/h6-8,12H,4-5H2,1-3H3,(H,11,14). The van der Waals surface area contributed by atoms with Gasteiger partial charge >= 0.3 is 0 Å². The molecule has 1 aromatic rings. The molecule has 1 heterocycles. The SMILES string of the molecule is CNc1cncc(CNCC(C)C)n1. The first kappa shape index (κ1) is 10.9. The minimum Gasteiger partial charge on any atom is -0.372 e. The maximum atomic E-state index is 4.35. The minimum atomic E-state index is 0.662. The van der Waals surface area contributed by atoms with Crippen LogP contribution in [0.1, 0.15) is 19.5 Å². The van der Waals surface area contributed by atoms with Crippen LogP contribution in [0, 0.1) is 5.92 Å². The highest BCUT2D eigenvalue weighted by Crippen LogP contribution is 2.00. The van der Waals surface area contributed by atoms with Crippen LogP contribution in [0.4, 0.5) is 5.82 Å². The van der Waals surface area contributed by atoms with E-state index in [2.05, 4.69) is 34.4 Å². The van der Waals surface area contributed by atoms with Crippen molar-refractivity contribution in [1.29, 1.82) is 0 Å². The Morgan fingerprint density at radius 1 is 1.36 bits per heavy atom. The Hall–Kier alpha value is -1.16. The summed E-state index contributed by atoms with van der Waals surface area (Å²) in [6, 6.07) is 0. The first-order valence-corrected chi connectivity index (χ1v) is 4.91. The fraction of sp³-hybridized carbons (Fsp3) is 0.600. The molecule has 0 aliphatic rings. The van der Waals surface area contributed by atoms with E-state index in [4.69, 9.17) is 0 Å². The van der Waals surface area contributed by atoms with Crippen LogP contribution in [0.15, 0.2) is 12.4 Å². The van der Waals surface area contributed by atoms with E-state index in [9.17, 15) is 0 Å². The third-order valence-electron chi connectivity index (χ3n) is 1.80. The number of hydrogen-bond donors (Lipinski definition) is 2. The van der Waals surface area contributed by atoms with Crippen LogP contribution < -0.4 is 10.6 Å². The van der Waals surface area contributed by atoms with Crippen molar-refractivity contribution < 1.29 is 0 Å². The van der Waals surface area contributed by atoms with Crippen molar-refractivity contribution in [3.05, 3.63) is 18.1 Å². The molecule has 0 unspecified atom stereocenters. The highest BCUT2D eigenvalue weighted by molar-refractivity contribution is 5.30. The van der Waals surface area contributed by atoms with E-state index in [1.54, 1.807) is 12.4 Å². The zero-order chi connectivity index (χ0) is 10.4. The summed E-state index contributed by atoms with van der Waals surface area (Å²) in [5, 5.41) is 6.29. The van der Waals surface area contributed by atoms with Gasteiger partial charge in [0.25, 0.3) is 0 Å². The molecule has 0 spiro atoms.